The van der Waals surface area contributed by atoms with Crippen LogP contribution in [0.5, 0.6) is 5.75 Å². The van der Waals surface area contributed by atoms with Crippen molar-refractivity contribution in [1.29, 1.82) is 0 Å². The lowest BCUT2D eigenvalue weighted by atomic mass is 9.97. The monoisotopic (exact) mass is 536 g/mol. The molecular formula is C31H32N6O3. The van der Waals surface area contributed by atoms with Crippen LogP contribution in [0, 0.1) is 0 Å². The Morgan fingerprint density at radius 3 is 2.65 bits per heavy atom. The first kappa shape index (κ1) is 26.8. The Labute approximate surface area is 232 Å². The van der Waals surface area contributed by atoms with Crippen LogP contribution >= 0.6 is 0 Å². The summed E-state index contributed by atoms with van der Waals surface area (Å²) in [6.45, 7) is 4.79. The van der Waals surface area contributed by atoms with Gasteiger partial charge in [-0.1, -0.05) is 66.6 Å². The van der Waals surface area contributed by atoms with E-state index in [2.05, 4.69) is 45.2 Å². The van der Waals surface area contributed by atoms with Gasteiger partial charge in [-0.15, -0.1) is 0 Å². The number of benzene rings is 3. The summed E-state index contributed by atoms with van der Waals surface area (Å²) in [5.74, 6) is 0.465. The fourth-order valence-corrected chi connectivity index (χ4v) is 5.42. The van der Waals surface area contributed by atoms with E-state index in [1.165, 1.54) is 0 Å². The molecule has 9 nitrogen and oxygen atoms in total. The number of hydrogen-bond donors (Lipinski definition) is 1. The lowest BCUT2D eigenvalue weighted by Crippen LogP contribution is -2.09. The number of rotatable bonds is 11. The van der Waals surface area contributed by atoms with E-state index in [0.717, 1.165) is 56.2 Å². The second-order valence-corrected chi connectivity index (χ2v) is 9.49. The van der Waals surface area contributed by atoms with Crippen molar-refractivity contribution in [1.82, 2.24) is 14.8 Å². The van der Waals surface area contributed by atoms with E-state index >= 15 is 0 Å². The largest absolute Gasteiger partial charge is 0.493 e. The van der Waals surface area contributed by atoms with E-state index in [1.807, 2.05) is 54.2 Å². The van der Waals surface area contributed by atoms with Crippen molar-refractivity contribution >= 4 is 27.6 Å². The maximum atomic E-state index is 13.1. The Kier molecular flexibility index (Phi) is 8.03. The Bertz CT molecular complexity index is 1720. The lowest BCUT2D eigenvalue weighted by Gasteiger charge is -2.10. The molecule has 0 aliphatic carbocycles. The number of azide groups is 1. The van der Waals surface area contributed by atoms with E-state index in [0.29, 0.717) is 30.8 Å². The topological polar surface area (TPSA) is 118 Å². The molecule has 0 fully saturated rings. The highest BCUT2D eigenvalue weighted by Crippen LogP contribution is 2.37. The molecule has 0 saturated heterocycles. The molecule has 0 atom stereocenters. The molecule has 0 amide bonds. The van der Waals surface area contributed by atoms with Crippen molar-refractivity contribution in [3.8, 4) is 16.9 Å². The summed E-state index contributed by atoms with van der Waals surface area (Å²) in [5.41, 5.74) is 14.7. The van der Waals surface area contributed by atoms with Crippen molar-refractivity contribution < 1.29 is 14.3 Å². The van der Waals surface area contributed by atoms with Gasteiger partial charge in [-0.3, -0.25) is 4.68 Å². The molecule has 0 aliphatic heterocycles. The number of esters is 1. The first-order chi connectivity index (χ1) is 19.6. The zero-order chi connectivity index (χ0) is 28.1. The molecular weight excluding hydrogens is 504 g/mol. The Morgan fingerprint density at radius 2 is 1.85 bits per heavy atom. The number of carbonyl (C=O) groups is 1. The number of H-pyrrole nitrogens is 1. The summed E-state index contributed by atoms with van der Waals surface area (Å²) >= 11 is 0. The number of fused-ring (bicyclic) bond motifs is 2. The molecule has 0 bridgehead atoms. The summed E-state index contributed by atoms with van der Waals surface area (Å²) in [5, 5.41) is 11.6. The van der Waals surface area contributed by atoms with Crippen LogP contribution in [0.25, 0.3) is 43.2 Å². The van der Waals surface area contributed by atoms with Gasteiger partial charge in [0.1, 0.15) is 11.4 Å². The first-order valence-electron chi connectivity index (χ1n) is 13.5. The van der Waals surface area contributed by atoms with Crippen LogP contribution in [0.3, 0.4) is 0 Å². The number of aryl methyl sites for hydroxylation is 2. The molecule has 204 valence electrons. The maximum Gasteiger partial charge on any atom is 0.355 e. The van der Waals surface area contributed by atoms with Crippen LogP contribution in [0.15, 0.2) is 65.8 Å². The van der Waals surface area contributed by atoms with Crippen LogP contribution in [0.4, 0.5) is 0 Å². The van der Waals surface area contributed by atoms with Gasteiger partial charge in [0, 0.05) is 39.6 Å². The van der Waals surface area contributed by atoms with Crippen LogP contribution in [0.2, 0.25) is 0 Å². The highest BCUT2D eigenvalue weighted by Gasteiger charge is 2.24. The Hall–Kier alpha value is -4.75. The minimum Gasteiger partial charge on any atom is -0.493 e. The number of aromatic amines is 1. The molecule has 0 spiro atoms. The molecule has 5 rings (SSSR count). The molecule has 40 heavy (non-hydrogen) atoms. The molecule has 0 unspecified atom stereocenters. The van der Waals surface area contributed by atoms with Crippen molar-refractivity contribution in [2.75, 3.05) is 13.2 Å². The molecule has 9 heteroatoms. The highest BCUT2D eigenvalue weighted by atomic mass is 16.5. The van der Waals surface area contributed by atoms with E-state index in [1.54, 1.807) is 6.92 Å². The average Bonchev–Trinajstić information content (AvgIpc) is 3.51. The highest BCUT2D eigenvalue weighted by molar-refractivity contribution is 6.04. The molecule has 1 N–H and O–H groups in total. The van der Waals surface area contributed by atoms with Crippen molar-refractivity contribution in [3.63, 3.8) is 0 Å². The summed E-state index contributed by atoms with van der Waals surface area (Å²) in [7, 11) is 1.89. The smallest absolute Gasteiger partial charge is 0.355 e. The van der Waals surface area contributed by atoms with Crippen LogP contribution < -0.4 is 4.74 Å². The predicted molar refractivity (Wildman–Crippen MR) is 156 cm³/mol. The Balaban J connectivity index is 1.50. The molecule has 0 aliphatic rings. The quantitative estimate of drug-likeness (QED) is 0.0627. The van der Waals surface area contributed by atoms with Gasteiger partial charge < -0.3 is 14.5 Å². The van der Waals surface area contributed by atoms with E-state index in [-0.39, 0.29) is 19.1 Å². The number of carbonyl (C=O) groups excluding carboxylic acids is 1. The van der Waals surface area contributed by atoms with E-state index in [9.17, 15) is 4.79 Å². The molecule has 2 aromatic heterocycles. The third-order valence-corrected chi connectivity index (χ3v) is 7.13. The Morgan fingerprint density at radius 1 is 1.07 bits per heavy atom. The molecule has 0 saturated carbocycles. The number of nitrogens with one attached hydrogen (secondary N) is 1. The summed E-state index contributed by atoms with van der Waals surface area (Å²) in [6, 6.07) is 20.2. The fourth-order valence-electron chi connectivity index (χ4n) is 5.42. The minimum absolute atomic E-state index is 0.139. The lowest BCUT2D eigenvalue weighted by molar-refractivity contribution is 0.0519. The number of para-hydroxylation sites is 1. The summed E-state index contributed by atoms with van der Waals surface area (Å²) < 4.78 is 13.4. The average molecular weight is 537 g/mol. The SMILES string of the molecule is CCOC(=O)c1[nH]c2c(-c3c(CN=[N+]=[N-])nn(C)c3CC)cccc2c1CCCOc1cccc2ccccc12. The molecule has 2 heterocycles. The third kappa shape index (κ3) is 5.11. The second kappa shape index (κ2) is 12.0. The van der Waals surface area contributed by atoms with Crippen LogP contribution in [0.1, 0.15) is 47.7 Å². The standard InChI is InChI=1S/C31H32N6O3/c1-4-26-28(25(19-33-36-32)35-37(26)3)24-15-9-14-22-23(30(34-29(22)24)31(38)39-5-2)16-10-18-40-27-17-8-12-20-11-6-7-13-21(20)27/h6-9,11-15,17,34H,4-5,10,16,18-19H2,1-3H3. The maximum absolute atomic E-state index is 13.1. The zero-order valence-electron chi connectivity index (χ0n) is 23.0. The molecule has 0 radical (unpaired) electrons. The number of ether oxygens (including phenoxy) is 2. The van der Waals surface area contributed by atoms with E-state index in [4.69, 9.17) is 15.0 Å². The molecule has 5 aromatic rings. The minimum atomic E-state index is -0.383. The summed E-state index contributed by atoms with van der Waals surface area (Å²) in [6.07, 6.45) is 2.08. The van der Waals surface area contributed by atoms with Gasteiger partial charge in [-0.2, -0.15) is 5.10 Å². The number of hydrogen-bond acceptors (Lipinski definition) is 5. The zero-order valence-corrected chi connectivity index (χ0v) is 23.0. The number of aromatic nitrogens is 3. The van der Waals surface area contributed by atoms with Crippen LogP contribution in [-0.4, -0.2) is 33.9 Å². The number of nitrogens with zero attached hydrogens (tertiary/aromatic N) is 5. The first-order valence-corrected chi connectivity index (χ1v) is 13.5. The van der Waals surface area contributed by atoms with Crippen molar-refractivity contribution in [2.24, 2.45) is 12.2 Å². The van der Waals surface area contributed by atoms with Gasteiger partial charge in [0.05, 0.1) is 31.0 Å². The predicted octanol–water partition coefficient (Wildman–Crippen LogP) is 7.28. The van der Waals surface area contributed by atoms with Crippen molar-refractivity contribution in [3.05, 3.63) is 93.8 Å². The normalized spacial score (nSPS) is 11.1. The van der Waals surface area contributed by atoms with E-state index < -0.39 is 0 Å². The van der Waals surface area contributed by atoms with Gasteiger partial charge in [0.2, 0.25) is 0 Å². The van der Waals surface area contributed by atoms with Crippen LogP contribution in [-0.2, 0) is 31.2 Å². The second-order valence-electron chi connectivity index (χ2n) is 9.49. The summed E-state index contributed by atoms with van der Waals surface area (Å²) in [4.78, 5) is 19.4. The van der Waals surface area contributed by atoms with Crippen molar-refractivity contribution in [2.45, 2.75) is 39.7 Å². The van der Waals surface area contributed by atoms with Gasteiger partial charge in [-0.25, -0.2) is 4.79 Å². The molecule has 3 aromatic carbocycles. The van der Waals surface area contributed by atoms with Gasteiger partial charge in [-0.05, 0) is 48.7 Å². The van der Waals surface area contributed by atoms with Gasteiger partial charge >= 0.3 is 5.97 Å². The van der Waals surface area contributed by atoms with Gasteiger partial charge in [0.15, 0.2) is 0 Å². The van der Waals surface area contributed by atoms with Gasteiger partial charge in [0.25, 0.3) is 0 Å². The fraction of sp³-hybridized carbons (Fsp3) is 0.290. The third-order valence-electron chi connectivity index (χ3n) is 7.13.